The maximum Gasteiger partial charge on any atom is 0.251 e. The highest BCUT2D eigenvalue weighted by molar-refractivity contribution is 6.09. The number of imidazole rings is 1. The Kier molecular flexibility index (Phi) is 4.15. The number of H-pyrrole nitrogens is 2. The molecule has 0 fully saturated rings. The maximum absolute atomic E-state index is 12.8. The molecule has 2 aromatic heterocycles. The van der Waals surface area contributed by atoms with Crippen LogP contribution in [-0.2, 0) is 10.2 Å². The molecule has 3 N–H and O–H groups in total. The molecular weight excluding hydrogens is 392 g/mol. The summed E-state index contributed by atoms with van der Waals surface area (Å²) in [5.41, 5.74) is 5.04. The van der Waals surface area contributed by atoms with Crippen molar-refractivity contribution in [2.45, 2.75) is 33.1 Å². The predicted octanol–water partition coefficient (Wildman–Crippen LogP) is 3.50. The molecule has 0 unspecified atom stereocenters. The van der Waals surface area contributed by atoms with Crippen molar-refractivity contribution in [2.24, 2.45) is 0 Å². The number of hydrogen-bond acceptors (Lipinski definition) is 4. The van der Waals surface area contributed by atoms with Crippen molar-refractivity contribution in [3.05, 3.63) is 41.5 Å². The van der Waals surface area contributed by atoms with E-state index in [0.29, 0.717) is 30.2 Å². The van der Waals surface area contributed by atoms with Crippen LogP contribution in [0.15, 0.2) is 30.3 Å². The summed E-state index contributed by atoms with van der Waals surface area (Å²) in [5, 5.41) is 11.1. The van der Waals surface area contributed by atoms with Gasteiger partial charge in [-0.25, -0.2) is 4.98 Å². The monoisotopic (exact) mass is 416 g/mol. The van der Waals surface area contributed by atoms with Gasteiger partial charge in [-0.1, -0.05) is 0 Å². The number of likely N-dealkylation sites (N-methyl/N-ethyl adjacent to an activating group) is 1. The van der Waals surface area contributed by atoms with Crippen LogP contribution in [0.2, 0.25) is 0 Å². The number of nitrogens with zero attached hydrogens (tertiary/aromatic N) is 3. The van der Waals surface area contributed by atoms with Crippen LogP contribution >= 0.6 is 0 Å². The normalized spacial score (nSPS) is 15.1. The standard InChI is InChI=1S/C23H24N6O2/c1-5-24-21(30)12-7-8-13-15(9-12)27-28-19(13)20-25-16-10-14-18(11-17(16)26-20)29(6-2)22(31)23(14,3)4/h7-11H,5-6H2,1-4H3,(H,24,30)(H,25,26)(H,27,28). The van der Waals surface area contributed by atoms with Gasteiger partial charge in [0.1, 0.15) is 5.69 Å². The number of anilines is 1. The molecule has 8 nitrogen and oxygen atoms in total. The summed E-state index contributed by atoms with van der Waals surface area (Å²) in [5.74, 6) is 0.637. The van der Waals surface area contributed by atoms with Gasteiger partial charge in [-0.15, -0.1) is 0 Å². The quantitative estimate of drug-likeness (QED) is 0.473. The van der Waals surface area contributed by atoms with Gasteiger partial charge in [0, 0.05) is 24.0 Å². The van der Waals surface area contributed by atoms with Crippen LogP contribution in [-0.4, -0.2) is 45.1 Å². The van der Waals surface area contributed by atoms with Gasteiger partial charge in [0.2, 0.25) is 5.91 Å². The highest BCUT2D eigenvalue weighted by Gasteiger charge is 2.43. The lowest BCUT2D eigenvalue weighted by molar-refractivity contribution is -0.122. The average molecular weight is 416 g/mol. The molecule has 0 atom stereocenters. The Morgan fingerprint density at radius 3 is 2.71 bits per heavy atom. The van der Waals surface area contributed by atoms with Crippen LogP contribution in [0.25, 0.3) is 33.5 Å². The minimum Gasteiger partial charge on any atom is -0.352 e. The Bertz CT molecular complexity index is 1360. The number of aromatic nitrogens is 4. The van der Waals surface area contributed by atoms with Crippen molar-refractivity contribution in [3.8, 4) is 11.5 Å². The molecular formula is C23H24N6O2. The zero-order chi connectivity index (χ0) is 21.9. The van der Waals surface area contributed by atoms with Gasteiger partial charge in [-0.3, -0.25) is 14.7 Å². The highest BCUT2D eigenvalue weighted by atomic mass is 16.2. The summed E-state index contributed by atoms with van der Waals surface area (Å²) >= 11 is 0. The van der Waals surface area contributed by atoms with Crippen LogP contribution in [0.5, 0.6) is 0 Å². The maximum atomic E-state index is 12.8. The third-order valence-electron chi connectivity index (χ3n) is 6.05. The zero-order valence-corrected chi connectivity index (χ0v) is 18.0. The summed E-state index contributed by atoms with van der Waals surface area (Å²) in [7, 11) is 0. The molecule has 5 rings (SSSR count). The van der Waals surface area contributed by atoms with Crippen LogP contribution < -0.4 is 10.2 Å². The van der Waals surface area contributed by atoms with Crippen LogP contribution in [0.3, 0.4) is 0 Å². The molecule has 0 radical (unpaired) electrons. The summed E-state index contributed by atoms with van der Waals surface area (Å²) in [6, 6.07) is 9.46. The van der Waals surface area contributed by atoms with Crippen molar-refractivity contribution in [1.82, 2.24) is 25.5 Å². The second kappa shape index (κ2) is 6.66. The number of nitrogens with one attached hydrogen (secondary N) is 3. The van der Waals surface area contributed by atoms with E-state index in [2.05, 4.69) is 20.5 Å². The van der Waals surface area contributed by atoms with E-state index < -0.39 is 5.41 Å². The van der Waals surface area contributed by atoms with E-state index in [0.717, 1.165) is 33.2 Å². The van der Waals surface area contributed by atoms with Crippen LogP contribution in [0, 0.1) is 0 Å². The first kappa shape index (κ1) is 19.3. The van der Waals surface area contributed by atoms with E-state index in [1.54, 1.807) is 12.1 Å². The number of fused-ring (bicyclic) bond motifs is 3. The van der Waals surface area contributed by atoms with Crippen molar-refractivity contribution in [2.75, 3.05) is 18.0 Å². The number of aromatic amines is 2. The third kappa shape index (κ3) is 2.74. The number of carbonyl (C=O) groups excluding carboxylic acids is 2. The average Bonchev–Trinajstić information content (AvgIpc) is 3.40. The van der Waals surface area contributed by atoms with Crippen molar-refractivity contribution in [3.63, 3.8) is 0 Å². The highest BCUT2D eigenvalue weighted by Crippen LogP contribution is 2.43. The minimum absolute atomic E-state index is 0.110. The van der Waals surface area contributed by atoms with Crippen LogP contribution in [0.4, 0.5) is 5.69 Å². The van der Waals surface area contributed by atoms with E-state index in [1.807, 2.05) is 50.8 Å². The zero-order valence-electron chi connectivity index (χ0n) is 18.0. The first-order valence-electron chi connectivity index (χ1n) is 10.5. The largest absolute Gasteiger partial charge is 0.352 e. The fourth-order valence-corrected chi connectivity index (χ4v) is 4.36. The number of amides is 2. The first-order chi connectivity index (χ1) is 14.8. The Morgan fingerprint density at radius 1 is 1.16 bits per heavy atom. The van der Waals surface area contributed by atoms with Gasteiger partial charge < -0.3 is 15.2 Å². The number of rotatable bonds is 4. The van der Waals surface area contributed by atoms with Gasteiger partial charge in [0.05, 0.1) is 27.7 Å². The second-order valence-corrected chi connectivity index (χ2v) is 8.34. The molecule has 1 aliphatic rings. The molecule has 0 aliphatic carbocycles. The van der Waals surface area contributed by atoms with Gasteiger partial charge in [-0.05, 0) is 63.6 Å². The Balaban J connectivity index is 1.60. The Morgan fingerprint density at radius 2 is 1.97 bits per heavy atom. The molecule has 0 bridgehead atoms. The molecule has 4 aromatic rings. The molecule has 0 saturated carbocycles. The van der Waals surface area contributed by atoms with Crippen molar-refractivity contribution < 1.29 is 9.59 Å². The molecule has 8 heteroatoms. The molecule has 0 spiro atoms. The molecule has 31 heavy (non-hydrogen) atoms. The Hall–Kier alpha value is -3.68. The van der Waals surface area contributed by atoms with E-state index >= 15 is 0 Å². The molecule has 0 saturated heterocycles. The van der Waals surface area contributed by atoms with E-state index in [4.69, 9.17) is 4.98 Å². The lowest BCUT2D eigenvalue weighted by Crippen LogP contribution is -2.35. The topological polar surface area (TPSA) is 107 Å². The molecule has 1 aliphatic heterocycles. The fraction of sp³-hybridized carbons (Fsp3) is 0.304. The number of benzene rings is 2. The van der Waals surface area contributed by atoms with E-state index in [9.17, 15) is 9.59 Å². The van der Waals surface area contributed by atoms with E-state index in [1.165, 1.54) is 0 Å². The molecule has 2 aromatic carbocycles. The van der Waals surface area contributed by atoms with Crippen molar-refractivity contribution in [1.29, 1.82) is 0 Å². The van der Waals surface area contributed by atoms with Gasteiger partial charge in [-0.2, -0.15) is 5.10 Å². The fourth-order valence-electron chi connectivity index (χ4n) is 4.36. The minimum atomic E-state index is -0.570. The van der Waals surface area contributed by atoms with Gasteiger partial charge in [0.25, 0.3) is 5.91 Å². The first-order valence-corrected chi connectivity index (χ1v) is 10.5. The molecule has 3 heterocycles. The third-order valence-corrected chi connectivity index (χ3v) is 6.05. The summed E-state index contributed by atoms with van der Waals surface area (Å²) in [6.45, 7) is 8.98. The lowest BCUT2D eigenvalue weighted by Gasteiger charge is -2.18. The second-order valence-electron chi connectivity index (χ2n) is 8.34. The molecule has 158 valence electrons. The van der Waals surface area contributed by atoms with E-state index in [-0.39, 0.29) is 11.8 Å². The molecule has 2 amide bonds. The summed E-state index contributed by atoms with van der Waals surface area (Å²) < 4.78 is 0. The Labute approximate surface area is 179 Å². The number of hydrogen-bond donors (Lipinski definition) is 3. The predicted molar refractivity (Wildman–Crippen MR) is 120 cm³/mol. The summed E-state index contributed by atoms with van der Waals surface area (Å²) in [4.78, 5) is 34.8. The number of carbonyl (C=O) groups is 2. The van der Waals surface area contributed by atoms with Gasteiger partial charge >= 0.3 is 0 Å². The smallest absolute Gasteiger partial charge is 0.251 e. The van der Waals surface area contributed by atoms with Crippen LogP contribution in [0.1, 0.15) is 43.6 Å². The SMILES string of the molecule is CCNC(=O)c1ccc2c(-c3nc4cc5c(cc4[nH]3)C(C)(C)C(=O)N5CC)n[nH]c2c1. The van der Waals surface area contributed by atoms with Crippen molar-refractivity contribution >= 4 is 39.4 Å². The lowest BCUT2D eigenvalue weighted by atomic mass is 9.86. The summed E-state index contributed by atoms with van der Waals surface area (Å²) in [6.07, 6.45) is 0. The van der Waals surface area contributed by atoms with Gasteiger partial charge in [0.15, 0.2) is 5.82 Å².